The Labute approximate surface area is 122 Å². The van der Waals surface area contributed by atoms with Crippen LogP contribution in [0.25, 0.3) is 0 Å². The average molecular weight is 278 g/mol. The maximum absolute atomic E-state index is 11.4. The molecule has 112 valence electrons. The molecule has 0 amide bonds. The summed E-state index contributed by atoms with van der Waals surface area (Å²) in [5, 5.41) is 9.35. The maximum atomic E-state index is 11.4. The minimum atomic E-state index is -0.665. The van der Waals surface area contributed by atoms with Gasteiger partial charge in [-0.3, -0.25) is 4.79 Å². The molecule has 0 aliphatic heterocycles. The Bertz CT molecular complexity index is 405. The summed E-state index contributed by atoms with van der Waals surface area (Å²) < 4.78 is 5.66. The molecule has 0 atom stereocenters. The van der Waals surface area contributed by atoms with Gasteiger partial charge in [0, 0.05) is 0 Å². The van der Waals surface area contributed by atoms with Crippen LogP contribution in [0.4, 0.5) is 0 Å². The summed E-state index contributed by atoms with van der Waals surface area (Å²) in [6.07, 6.45) is 3.89. The SMILES string of the molecule is CCC(CC)(CCCCOc1ccc(C)cc1)C(=O)O. The Balaban J connectivity index is 2.30. The van der Waals surface area contributed by atoms with E-state index in [1.165, 1.54) is 5.56 Å². The van der Waals surface area contributed by atoms with Gasteiger partial charge in [-0.05, 0) is 51.2 Å². The number of hydrogen-bond donors (Lipinski definition) is 1. The van der Waals surface area contributed by atoms with Gasteiger partial charge < -0.3 is 9.84 Å². The number of aryl methyl sites for hydroxylation is 1. The second-order valence-corrected chi connectivity index (χ2v) is 5.41. The van der Waals surface area contributed by atoms with Crippen molar-refractivity contribution in [3.05, 3.63) is 29.8 Å². The molecule has 3 heteroatoms. The van der Waals surface area contributed by atoms with E-state index < -0.39 is 11.4 Å². The molecular weight excluding hydrogens is 252 g/mol. The number of carboxylic acids is 1. The van der Waals surface area contributed by atoms with Gasteiger partial charge in [-0.1, -0.05) is 31.5 Å². The molecule has 0 fully saturated rings. The maximum Gasteiger partial charge on any atom is 0.309 e. The minimum Gasteiger partial charge on any atom is -0.494 e. The molecule has 0 aliphatic rings. The smallest absolute Gasteiger partial charge is 0.309 e. The summed E-state index contributed by atoms with van der Waals surface area (Å²) in [7, 11) is 0. The lowest BCUT2D eigenvalue weighted by atomic mass is 9.78. The Morgan fingerprint density at radius 3 is 2.25 bits per heavy atom. The fourth-order valence-electron chi connectivity index (χ4n) is 2.40. The predicted octanol–water partition coefficient (Wildman–Crippen LogP) is 4.44. The first-order chi connectivity index (χ1) is 9.54. The molecule has 0 spiro atoms. The fraction of sp³-hybridized carbons (Fsp3) is 0.588. The fourth-order valence-corrected chi connectivity index (χ4v) is 2.40. The molecule has 1 N–H and O–H groups in total. The van der Waals surface area contributed by atoms with Crippen molar-refractivity contribution in [1.82, 2.24) is 0 Å². The quantitative estimate of drug-likeness (QED) is 0.679. The Kier molecular flexibility index (Phi) is 6.56. The molecule has 0 heterocycles. The second-order valence-electron chi connectivity index (χ2n) is 5.41. The molecule has 0 radical (unpaired) electrons. The molecule has 3 nitrogen and oxygen atoms in total. The van der Waals surface area contributed by atoms with Gasteiger partial charge in [0.15, 0.2) is 0 Å². The van der Waals surface area contributed by atoms with Crippen molar-refractivity contribution < 1.29 is 14.6 Å². The van der Waals surface area contributed by atoms with Crippen LogP contribution in [0.15, 0.2) is 24.3 Å². The minimum absolute atomic E-state index is 0.552. The van der Waals surface area contributed by atoms with Gasteiger partial charge in [0.2, 0.25) is 0 Å². The molecule has 0 aliphatic carbocycles. The van der Waals surface area contributed by atoms with Gasteiger partial charge in [-0.25, -0.2) is 0 Å². The third-order valence-electron chi connectivity index (χ3n) is 4.15. The van der Waals surface area contributed by atoms with E-state index in [1.807, 2.05) is 45.0 Å². The van der Waals surface area contributed by atoms with Crippen LogP contribution < -0.4 is 4.74 Å². The lowest BCUT2D eigenvalue weighted by Crippen LogP contribution is -2.29. The van der Waals surface area contributed by atoms with E-state index in [9.17, 15) is 9.90 Å². The van der Waals surface area contributed by atoms with Crippen molar-refractivity contribution in [1.29, 1.82) is 0 Å². The molecule has 1 aromatic rings. The van der Waals surface area contributed by atoms with Crippen molar-refractivity contribution in [2.75, 3.05) is 6.61 Å². The van der Waals surface area contributed by atoms with Crippen molar-refractivity contribution >= 4 is 5.97 Å². The van der Waals surface area contributed by atoms with Crippen LogP contribution in [0.3, 0.4) is 0 Å². The Morgan fingerprint density at radius 1 is 1.15 bits per heavy atom. The summed E-state index contributed by atoms with van der Waals surface area (Å²) in [6.45, 7) is 6.61. The molecule has 0 saturated carbocycles. The average Bonchev–Trinajstić information content (AvgIpc) is 2.45. The third kappa shape index (κ3) is 4.55. The van der Waals surface area contributed by atoms with Crippen LogP contribution >= 0.6 is 0 Å². The zero-order valence-corrected chi connectivity index (χ0v) is 12.8. The van der Waals surface area contributed by atoms with E-state index in [0.717, 1.165) is 25.0 Å². The highest BCUT2D eigenvalue weighted by molar-refractivity contribution is 5.74. The number of unbranched alkanes of at least 4 members (excludes halogenated alkanes) is 1. The van der Waals surface area contributed by atoms with Gasteiger partial charge in [0.25, 0.3) is 0 Å². The van der Waals surface area contributed by atoms with E-state index in [1.54, 1.807) is 0 Å². The van der Waals surface area contributed by atoms with Gasteiger partial charge in [0.1, 0.15) is 5.75 Å². The molecule has 1 rings (SSSR count). The van der Waals surface area contributed by atoms with E-state index in [4.69, 9.17) is 4.74 Å². The van der Waals surface area contributed by atoms with E-state index in [0.29, 0.717) is 19.4 Å². The van der Waals surface area contributed by atoms with Crippen LogP contribution in [-0.4, -0.2) is 17.7 Å². The molecule has 1 aromatic carbocycles. The zero-order chi connectivity index (χ0) is 15.0. The molecule has 0 aromatic heterocycles. The highest BCUT2D eigenvalue weighted by Gasteiger charge is 2.33. The molecule has 0 bridgehead atoms. The third-order valence-corrected chi connectivity index (χ3v) is 4.15. The normalized spacial score (nSPS) is 11.3. The monoisotopic (exact) mass is 278 g/mol. The van der Waals surface area contributed by atoms with Crippen LogP contribution in [-0.2, 0) is 4.79 Å². The number of aliphatic carboxylic acids is 1. The van der Waals surface area contributed by atoms with Crippen molar-refractivity contribution in [3.63, 3.8) is 0 Å². The largest absolute Gasteiger partial charge is 0.494 e. The van der Waals surface area contributed by atoms with Crippen LogP contribution in [0.1, 0.15) is 51.5 Å². The second kappa shape index (κ2) is 7.93. The summed E-state index contributed by atoms with van der Waals surface area (Å²) in [4.78, 5) is 11.4. The lowest BCUT2D eigenvalue weighted by Gasteiger charge is -2.26. The summed E-state index contributed by atoms with van der Waals surface area (Å²) in [5.41, 5.74) is 0.665. The first-order valence-corrected chi connectivity index (χ1v) is 7.47. The van der Waals surface area contributed by atoms with Gasteiger partial charge in [-0.2, -0.15) is 0 Å². The summed E-state index contributed by atoms with van der Waals surface area (Å²) in [5.74, 6) is 0.216. The van der Waals surface area contributed by atoms with Crippen LogP contribution in [0, 0.1) is 12.3 Å². The highest BCUT2D eigenvalue weighted by atomic mass is 16.5. The first kappa shape index (κ1) is 16.5. The molecule has 0 unspecified atom stereocenters. The lowest BCUT2D eigenvalue weighted by molar-refractivity contribution is -0.150. The first-order valence-electron chi connectivity index (χ1n) is 7.47. The topological polar surface area (TPSA) is 46.5 Å². The zero-order valence-electron chi connectivity index (χ0n) is 12.8. The Hall–Kier alpha value is -1.51. The highest BCUT2D eigenvalue weighted by Crippen LogP contribution is 2.32. The number of ether oxygens (including phenoxy) is 1. The van der Waals surface area contributed by atoms with E-state index >= 15 is 0 Å². The number of carboxylic acid groups (broad SMARTS) is 1. The molecule has 20 heavy (non-hydrogen) atoms. The van der Waals surface area contributed by atoms with Crippen LogP contribution in [0.5, 0.6) is 5.75 Å². The van der Waals surface area contributed by atoms with Gasteiger partial charge in [0.05, 0.1) is 12.0 Å². The van der Waals surface area contributed by atoms with Gasteiger partial charge in [-0.15, -0.1) is 0 Å². The molecule has 0 saturated heterocycles. The number of carbonyl (C=O) groups is 1. The Morgan fingerprint density at radius 2 is 1.75 bits per heavy atom. The standard InChI is InChI=1S/C17H26O3/c1-4-17(5-2,16(18)19)12-6-7-13-20-15-10-8-14(3)9-11-15/h8-11H,4-7,12-13H2,1-3H3,(H,18,19). The summed E-state index contributed by atoms with van der Waals surface area (Å²) >= 11 is 0. The molecular formula is C17H26O3. The van der Waals surface area contributed by atoms with Crippen molar-refractivity contribution in [2.45, 2.75) is 52.9 Å². The predicted molar refractivity (Wildman–Crippen MR) is 81.2 cm³/mol. The van der Waals surface area contributed by atoms with Crippen molar-refractivity contribution in [3.8, 4) is 5.75 Å². The van der Waals surface area contributed by atoms with E-state index in [2.05, 4.69) is 0 Å². The van der Waals surface area contributed by atoms with Crippen LogP contribution in [0.2, 0.25) is 0 Å². The number of hydrogen-bond acceptors (Lipinski definition) is 2. The van der Waals surface area contributed by atoms with E-state index in [-0.39, 0.29) is 0 Å². The van der Waals surface area contributed by atoms with Gasteiger partial charge >= 0.3 is 5.97 Å². The number of rotatable bonds is 9. The number of benzene rings is 1. The van der Waals surface area contributed by atoms with Crippen molar-refractivity contribution in [2.24, 2.45) is 5.41 Å². The summed E-state index contributed by atoms with van der Waals surface area (Å²) in [6, 6.07) is 7.99.